The zero-order chi connectivity index (χ0) is 24.3. The van der Waals surface area contributed by atoms with Crippen LogP contribution in [-0.2, 0) is 18.2 Å². The van der Waals surface area contributed by atoms with Crippen LogP contribution >= 0.6 is 0 Å². The number of carbonyl (C=O) groups excluding carboxylic acids is 2. The highest BCUT2D eigenvalue weighted by molar-refractivity contribution is 6.07. The maximum Gasteiger partial charge on any atom is 0.422 e. The molecule has 11 heteroatoms. The van der Waals surface area contributed by atoms with Gasteiger partial charge in [-0.25, -0.2) is 14.2 Å². The number of benzene rings is 1. The summed E-state index contributed by atoms with van der Waals surface area (Å²) < 4.78 is 63.4. The fourth-order valence-electron chi connectivity index (χ4n) is 3.28. The van der Waals surface area contributed by atoms with Crippen LogP contribution < -0.4 is 10.1 Å². The van der Waals surface area contributed by atoms with Crippen LogP contribution in [0.2, 0.25) is 0 Å². The molecule has 3 aromatic rings. The number of esters is 1. The highest BCUT2D eigenvalue weighted by Crippen LogP contribution is 2.36. The molecule has 0 spiro atoms. The molecule has 0 unspecified atom stereocenters. The number of hydrogen-bond donors (Lipinski definition) is 1. The lowest BCUT2D eigenvalue weighted by atomic mass is 10.1. The summed E-state index contributed by atoms with van der Waals surface area (Å²) in [4.78, 5) is 29.5. The molecule has 0 radical (unpaired) electrons. The van der Waals surface area contributed by atoms with Crippen molar-refractivity contribution in [1.29, 1.82) is 0 Å². The van der Waals surface area contributed by atoms with E-state index in [-0.39, 0.29) is 40.3 Å². The van der Waals surface area contributed by atoms with Crippen molar-refractivity contribution < 1.29 is 36.6 Å². The Morgan fingerprint density at radius 3 is 2.52 bits per heavy atom. The van der Waals surface area contributed by atoms with Crippen molar-refractivity contribution in [3.05, 3.63) is 53.1 Å². The average molecular weight is 467 g/mol. The molecule has 1 amide bonds. The molecular formula is C22H21F4N3O4. The van der Waals surface area contributed by atoms with Gasteiger partial charge < -0.3 is 19.4 Å². The second-order valence-corrected chi connectivity index (χ2v) is 7.03. The number of carbonyl (C=O) groups is 2. The van der Waals surface area contributed by atoms with Gasteiger partial charge in [0.15, 0.2) is 18.1 Å². The number of amides is 1. The minimum Gasteiger partial charge on any atom is -0.481 e. The van der Waals surface area contributed by atoms with Crippen molar-refractivity contribution in [2.75, 3.05) is 18.5 Å². The molecule has 33 heavy (non-hydrogen) atoms. The van der Waals surface area contributed by atoms with Crippen LogP contribution in [0, 0.1) is 5.82 Å². The minimum absolute atomic E-state index is 0.00164. The number of anilines is 1. The first-order valence-electron chi connectivity index (χ1n) is 10.0. The van der Waals surface area contributed by atoms with Gasteiger partial charge >= 0.3 is 12.1 Å². The number of nitrogens with zero attached hydrogens (tertiary/aromatic N) is 2. The third-order valence-corrected chi connectivity index (χ3v) is 4.71. The van der Waals surface area contributed by atoms with Crippen LogP contribution in [0.3, 0.4) is 0 Å². The highest BCUT2D eigenvalue weighted by atomic mass is 19.4. The summed E-state index contributed by atoms with van der Waals surface area (Å²) in [6.07, 6.45) is -4.30. The quantitative estimate of drug-likeness (QED) is 0.404. The first-order valence-corrected chi connectivity index (χ1v) is 10.0. The lowest BCUT2D eigenvalue weighted by Crippen LogP contribution is -2.20. The minimum atomic E-state index is -4.65. The summed E-state index contributed by atoms with van der Waals surface area (Å²) in [6, 6.07) is 6.40. The molecule has 0 saturated heterocycles. The van der Waals surface area contributed by atoms with Gasteiger partial charge in [-0.3, -0.25) is 4.79 Å². The van der Waals surface area contributed by atoms with Gasteiger partial charge in [0, 0.05) is 12.6 Å². The zero-order valence-electron chi connectivity index (χ0n) is 18.0. The summed E-state index contributed by atoms with van der Waals surface area (Å²) in [5.41, 5.74) is 0.587. The van der Waals surface area contributed by atoms with Crippen LogP contribution in [0.25, 0.3) is 11.0 Å². The normalized spacial score (nSPS) is 11.5. The number of ether oxygens (including phenoxy) is 2. The molecular weight excluding hydrogens is 446 g/mol. The monoisotopic (exact) mass is 467 g/mol. The van der Waals surface area contributed by atoms with Crippen molar-refractivity contribution in [1.82, 2.24) is 9.55 Å². The number of hydrogen-bond acceptors (Lipinski definition) is 5. The van der Waals surface area contributed by atoms with Crippen molar-refractivity contribution in [2.24, 2.45) is 7.05 Å². The Morgan fingerprint density at radius 2 is 1.91 bits per heavy atom. The molecule has 0 bridgehead atoms. The Balaban J connectivity index is 2.13. The van der Waals surface area contributed by atoms with Gasteiger partial charge in [0.2, 0.25) is 0 Å². The van der Waals surface area contributed by atoms with Gasteiger partial charge in [0.25, 0.3) is 5.91 Å². The van der Waals surface area contributed by atoms with Crippen LogP contribution in [-0.4, -0.2) is 40.8 Å². The largest absolute Gasteiger partial charge is 0.481 e. The number of halogens is 4. The molecule has 1 N–H and O–H groups in total. The van der Waals surface area contributed by atoms with E-state index in [4.69, 9.17) is 9.47 Å². The molecule has 3 rings (SSSR count). The summed E-state index contributed by atoms with van der Waals surface area (Å²) in [5, 5.41) is 2.69. The molecule has 0 atom stereocenters. The predicted molar refractivity (Wildman–Crippen MR) is 112 cm³/mol. The van der Waals surface area contributed by atoms with Crippen LogP contribution in [0.15, 0.2) is 30.3 Å². The first-order chi connectivity index (χ1) is 15.6. The maximum absolute atomic E-state index is 13.5. The fourth-order valence-corrected chi connectivity index (χ4v) is 3.28. The van der Waals surface area contributed by atoms with Crippen molar-refractivity contribution in [3.8, 4) is 5.75 Å². The van der Waals surface area contributed by atoms with Gasteiger partial charge in [0.1, 0.15) is 11.5 Å². The zero-order valence-corrected chi connectivity index (χ0v) is 18.0. The maximum atomic E-state index is 13.5. The van der Waals surface area contributed by atoms with E-state index in [2.05, 4.69) is 10.3 Å². The van der Waals surface area contributed by atoms with E-state index in [1.165, 1.54) is 35.9 Å². The Morgan fingerprint density at radius 1 is 1.18 bits per heavy atom. The van der Waals surface area contributed by atoms with E-state index in [1.54, 1.807) is 13.8 Å². The number of alkyl halides is 3. The van der Waals surface area contributed by atoms with E-state index < -0.39 is 30.5 Å². The SMILES string of the molecule is CCOC(=O)c1c(OCC(F)(F)F)c2cc(NC(=O)c3cccc(F)c3)c(CC)nc2n1C. The van der Waals surface area contributed by atoms with Crippen LogP contribution in [0.5, 0.6) is 5.75 Å². The Labute approximate surface area is 186 Å². The summed E-state index contributed by atoms with van der Waals surface area (Å²) in [7, 11) is 1.45. The van der Waals surface area contributed by atoms with Crippen LogP contribution in [0.1, 0.15) is 40.4 Å². The average Bonchev–Trinajstić information content (AvgIpc) is 3.02. The number of nitrogens with one attached hydrogen (secondary N) is 1. The van der Waals surface area contributed by atoms with Gasteiger partial charge in [-0.05, 0) is 37.6 Å². The Bertz CT molecular complexity index is 1200. The molecule has 0 fully saturated rings. The van der Waals surface area contributed by atoms with E-state index in [9.17, 15) is 27.2 Å². The smallest absolute Gasteiger partial charge is 0.422 e. The summed E-state index contributed by atoms with van der Waals surface area (Å²) >= 11 is 0. The van der Waals surface area contributed by atoms with Gasteiger partial charge in [-0.2, -0.15) is 13.2 Å². The fraction of sp³-hybridized carbons (Fsp3) is 0.318. The molecule has 0 aliphatic heterocycles. The van der Waals surface area contributed by atoms with E-state index >= 15 is 0 Å². The number of aromatic nitrogens is 2. The summed E-state index contributed by atoms with van der Waals surface area (Å²) in [5.74, 6) is -2.47. The van der Waals surface area contributed by atoms with Crippen molar-refractivity contribution in [3.63, 3.8) is 0 Å². The molecule has 2 heterocycles. The highest BCUT2D eigenvalue weighted by Gasteiger charge is 2.32. The van der Waals surface area contributed by atoms with E-state index in [0.717, 1.165) is 6.07 Å². The number of rotatable bonds is 7. The standard InChI is InChI=1S/C22H21F4N3O4/c1-4-15-16(28-20(30)12-7-6-8-13(23)9-12)10-14-18(33-11-22(24,25)26)17(21(31)32-5-2)29(3)19(14)27-15/h6-10H,4-5,11H2,1-3H3,(H,28,30). The molecule has 0 aliphatic rings. The number of aryl methyl sites for hydroxylation is 2. The third kappa shape index (κ3) is 5.24. The van der Waals surface area contributed by atoms with E-state index in [0.29, 0.717) is 12.1 Å². The number of pyridine rings is 1. The lowest BCUT2D eigenvalue weighted by Gasteiger charge is -2.12. The Hall–Kier alpha value is -3.63. The number of fused-ring (bicyclic) bond motifs is 1. The summed E-state index contributed by atoms with van der Waals surface area (Å²) in [6.45, 7) is 1.69. The van der Waals surface area contributed by atoms with Gasteiger partial charge in [-0.1, -0.05) is 13.0 Å². The second-order valence-electron chi connectivity index (χ2n) is 7.03. The topological polar surface area (TPSA) is 82.4 Å². The predicted octanol–water partition coefficient (Wildman–Crippen LogP) is 4.64. The first kappa shape index (κ1) is 24.0. The van der Waals surface area contributed by atoms with Gasteiger partial charge in [0.05, 0.1) is 23.4 Å². The van der Waals surface area contributed by atoms with Gasteiger partial charge in [-0.15, -0.1) is 0 Å². The lowest BCUT2D eigenvalue weighted by molar-refractivity contribution is -0.153. The Kier molecular flexibility index (Phi) is 6.89. The van der Waals surface area contributed by atoms with E-state index in [1.807, 2.05) is 0 Å². The molecule has 2 aromatic heterocycles. The molecule has 0 saturated carbocycles. The molecule has 176 valence electrons. The second kappa shape index (κ2) is 9.47. The van der Waals surface area contributed by atoms with Crippen LogP contribution in [0.4, 0.5) is 23.2 Å². The van der Waals surface area contributed by atoms with Crippen molar-refractivity contribution in [2.45, 2.75) is 26.4 Å². The molecule has 7 nitrogen and oxygen atoms in total. The third-order valence-electron chi connectivity index (χ3n) is 4.71. The molecule has 1 aromatic carbocycles. The molecule has 0 aliphatic carbocycles. The van der Waals surface area contributed by atoms with Crippen molar-refractivity contribution >= 4 is 28.6 Å².